The van der Waals surface area contributed by atoms with Crippen molar-refractivity contribution in [1.82, 2.24) is 5.32 Å². The molecule has 3 heteroatoms. The third kappa shape index (κ3) is 4.17. The van der Waals surface area contributed by atoms with E-state index in [1.54, 1.807) is 6.26 Å². The standard InChI is InChI=1S/C14H23NO2/c1-12(14-8-5-11-17-14)16-10-4-7-13-6-2-3-9-15-13/h5,8,11-13,15H,2-4,6-7,9-10H2,1H3/t12-,13-/m0/s1. The summed E-state index contributed by atoms with van der Waals surface area (Å²) in [7, 11) is 0. The zero-order chi connectivity index (χ0) is 11.9. The van der Waals surface area contributed by atoms with Crippen molar-refractivity contribution in [3.8, 4) is 0 Å². The molecular weight excluding hydrogens is 214 g/mol. The fraction of sp³-hybridized carbons (Fsp3) is 0.714. The normalized spacial score (nSPS) is 22.5. The number of piperidine rings is 1. The van der Waals surface area contributed by atoms with E-state index in [4.69, 9.17) is 9.15 Å². The van der Waals surface area contributed by atoms with Crippen LogP contribution >= 0.6 is 0 Å². The number of furan rings is 1. The van der Waals surface area contributed by atoms with Crippen molar-refractivity contribution >= 4 is 0 Å². The van der Waals surface area contributed by atoms with Crippen molar-refractivity contribution < 1.29 is 9.15 Å². The summed E-state index contributed by atoms with van der Waals surface area (Å²) in [5.74, 6) is 0.917. The largest absolute Gasteiger partial charge is 0.467 e. The van der Waals surface area contributed by atoms with Gasteiger partial charge < -0.3 is 14.5 Å². The molecule has 2 atom stereocenters. The molecule has 1 N–H and O–H groups in total. The van der Waals surface area contributed by atoms with Crippen LogP contribution in [0.4, 0.5) is 0 Å². The fourth-order valence-corrected chi connectivity index (χ4v) is 2.36. The fourth-order valence-electron chi connectivity index (χ4n) is 2.36. The highest BCUT2D eigenvalue weighted by atomic mass is 16.5. The number of hydrogen-bond acceptors (Lipinski definition) is 3. The van der Waals surface area contributed by atoms with Crippen LogP contribution in [-0.2, 0) is 4.74 Å². The van der Waals surface area contributed by atoms with Gasteiger partial charge in [-0.25, -0.2) is 0 Å². The maximum absolute atomic E-state index is 5.76. The van der Waals surface area contributed by atoms with E-state index in [0.717, 1.165) is 18.8 Å². The molecule has 0 amide bonds. The van der Waals surface area contributed by atoms with Crippen LogP contribution in [0.3, 0.4) is 0 Å². The van der Waals surface area contributed by atoms with Crippen LogP contribution in [0.15, 0.2) is 22.8 Å². The summed E-state index contributed by atoms with van der Waals surface area (Å²) < 4.78 is 11.1. The molecule has 0 radical (unpaired) electrons. The van der Waals surface area contributed by atoms with E-state index in [2.05, 4.69) is 5.32 Å². The summed E-state index contributed by atoms with van der Waals surface area (Å²) in [4.78, 5) is 0. The number of rotatable bonds is 6. The van der Waals surface area contributed by atoms with Gasteiger partial charge in [0.05, 0.1) is 6.26 Å². The second-order valence-electron chi connectivity index (χ2n) is 4.82. The Balaban J connectivity index is 1.56. The molecule has 1 saturated heterocycles. The van der Waals surface area contributed by atoms with Crippen LogP contribution in [0.25, 0.3) is 0 Å². The van der Waals surface area contributed by atoms with Crippen molar-refractivity contribution in [2.24, 2.45) is 0 Å². The Morgan fingerprint density at radius 3 is 3.18 bits per heavy atom. The Morgan fingerprint density at radius 1 is 1.53 bits per heavy atom. The minimum absolute atomic E-state index is 0.0734. The number of ether oxygens (including phenoxy) is 1. The third-order valence-corrected chi connectivity index (χ3v) is 3.42. The minimum Gasteiger partial charge on any atom is -0.467 e. The predicted molar refractivity (Wildman–Crippen MR) is 68.0 cm³/mol. The van der Waals surface area contributed by atoms with Crippen molar-refractivity contribution in [1.29, 1.82) is 0 Å². The van der Waals surface area contributed by atoms with Gasteiger partial charge in [-0.1, -0.05) is 6.42 Å². The molecule has 1 fully saturated rings. The van der Waals surface area contributed by atoms with Crippen LogP contribution in [-0.4, -0.2) is 19.2 Å². The summed E-state index contributed by atoms with van der Waals surface area (Å²) in [5, 5.41) is 3.56. The lowest BCUT2D eigenvalue weighted by Crippen LogP contribution is -2.34. The molecular formula is C14H23NO2. The quantitative estimate of drug-likeness (QED) is 0.771. The first-order valence-corrected chi connectivity index (χ1v) is 6.74. The monoisotopic (exact) mass is 237 g/mol. The van der Waals surface area contributed by atoms with Gasteiger partial charge in [0.25, 0.3) is 0 Å². The van der Waals surface area contributed by atoms with Gasteiger partial charge >= 0.3 is 0 Å². The van der Waals surface area contributed by atoms with E-state index in [1.807, 2.05) is 19.1 Å². The number of hydrogen-bond donors (Lipinski definition) is 1. The zero-order valence-electron chi connectivity index (χ0n) is 10.7. The van der Waals surface area contributed by atoms with E-state index in [0.29, 0.717) is 6.04 Å². The highest BCUT2D eigenvalue weighted by molar-refractivity contribution is 5.00. The van der Waals surface area contributed by atoms with Crippen molar-refractivity contribution in [3.63, 3.8) is 0 Å². The van der Waals surface area contributed by atoms with Gasteiger partial charge in [0, 0.05) is 12.6 Å². The molecule has 0 bridgehead atoms. The zero-order valence-corrected chi connectivity index (χ0v) is 10.7. The maximum Gasteiger partial charge on any atom is 0.132 e. The Labute approximate surface area is 104 Å². The predicted octanol–water partition coefficient (Wildman–Crippen LogP) is 3.28. The molecule has 0 unspecified atom stereocenters. The number of nitrogens with one attached hydrogen (secondary N) is 1. The van der Waals surface area contributed by atoms with Gasteiger partial charge in [0.1, 0.15) is 11.9 Å². The first kappa shape index (κ1) is 12.7. The van der Waals surface area contributed by atoms with E-state index in [1.165, 1.54) is 32.2 Å². The maximum atomic E-state index is 5.76. The van der Waals surface area contributed by atoms with Crippen molar-refractivity contribution in [2.75, 3.05) is 13.2 Å². The first-order chi connectivity index (χ1) is 8.36. The van der Waals surface area contributed by atoms with E-state index in [9.17, 15) is 0 Å². The van der Waals surface area contributed by atoms with Crippen LogP contribution in [0.5, 0.6) is 0 Å². The Hall–Kier alpha value is -0.800. The smallest absolute Gasteiger partial charge is 0.132 e. The molecule has 1 aliphatic heterocycles. The molecule has 0 spiro atoms. The van der Waals surface area contributed by atoms with Crippen molar-refractivity contribution in [2.45, 2.75) is 51.2 Å². The molecule has 2 heterocycles. The topological polar surface area (TPSA) is 34.4 Å². The van der Waals surface area contributed by atoms with Crippen LogP contribution in [0.1, 0.15) is 50.9 Å². The Bertz CT molecular complexity index is 291. The highest BCUT2D eigenvalue weighted by Gasteiger charge is 2.12. The SMILES string of the molecule is C[C@H](OCCC[C@@H]1CCCCN1)c1ccco1. The summed E-state index contributed by atoms with van der Waals surface area (Å²) in [5.41, 5.74) is 0. The Kier molecular flexibility index (Phi) is 5.08. The van der Waals surface area contributed by atoms with Gasteiger partial charge in [-0.15, -0.1) is 0 Å². The van der Waals surface area contributed by atoms with Crippen molar-refractivity contribution in [3.05, 3.63) is 24.2 Å². The average Bonchev–Trinajstić information content (AvgIpc) is 2.89. The Morgan fingerprint density at radius 2 is 2.47 bits per heavy atom. The molecule has 2 rings (SSSR count). The lowest BCUT2D eigenvalue weighted by atomic mass is 10.0. The molecule has 1 aromatic heterocycles. The summed E-state index contributed by atoms with van der Waals surface area (Å²) in [6.45, 7) is 4.05. The first-order valence-electron chi connectivity index (χ1n) is 6.74. The molecule has 17 heavy (non-hydrogen) atoms. The molecule has 96 valence electrons. The third-order valence-electron chi connectivity index (χ3n) is 3.42. The summed E-state index contributed by atoms with van der Waals surface area (Å²) in [6.07, 6.45) is 8.16. The highest BCUT2D eigenvalue weighted by Crippen LogP contribution is 2.18. The van der Waals surface area contributed by atoms with E-state index < -0.39 is 0 Å². The molecule has 0 saturated carbocycles. The summed E-state index contributed by atoms with van der Waals surface area (Å²) in [6, 6.07) is 4.58. The van der Waals surface area contributed by atoms with Gasteiger partial charge in [0.2, 0.25) is 0 Å². The second-order valence-corrected chi connectivity index (χ2v) is 4.82. The second kappa shape index (κ2) is 6.82. The van der Waals surface area contributed by atoms with Crippen LogP contribution < -0.4 is 5.32 Å². The van der Waals surface area contributed by atoms with Gasteiger partial charge in [-0.05, 0) is 51.3 Å². The molecule has 0 aromatic carbocycles. The van der Waals surface area contributed by atoms with Gasteiger partial charge in [-0.2, -0.15) is 0 Å². The van der Waals surface area contributed by atoms with Gasteiger partial charge in [0.15, 0.2) is 0 Å². The molecule has 1 aromatic rings. The lowest BCUT2D eigenvalue weighted by molar-refractivity contribution is 0.0468. The minimum atomic E-state index is 0.0734. The van der Waals surface area contributed by atoms with E-state index in [-0.39, 0.29) is 6.10 Å². The summed E-state index contributed by atoms with van der Waals surface area (Å²) >= 11 is 0. The van der Waals surface area contributed by atoms with E-state index >= 15 is 0 Å². The molecule has 1 aliphatic rings. The lowest BCUT2D eigenvalue weighted by Gasteiger charge is -2.23. The van der Waals surface area contributed by atoms with Crippen LogP contribution in [0.2, 0.25) is 0 Å². The van der Waals surface area contributed by atoms with Gasteiger partial charge in [-0.3, -0.25) is 0 Å². The molecule has 3 nitrogen and oxygen atoms in total. The van der Waals surface area contributed by atoms with Crippen LogP contribution in [0, 0.1) is 0 Å². The average molecular weight is 237 g/mol. The molecule has 0 aliphatic carbocycles.